The highest BCUT2D eigenvalue weighted by molar-refractivity contribution is 14.0. The van der Waals surface area contributed by atoms with Crippen molar-refractivity contribution in [2.45, 2.75) is 39.2 Å². The zero-order chi connectivity index (χ0) is 20.7. The first-order valence-electron chi connectivity index (χ1n) is 9.99. The Morgan fingerprint density at radius 1 is 1.07 bits per heavy atom. The molecule has 3 rings (SSSR count). The third-order valence-electron chi connectivity index (χ3n) is 5.10. The van der Waals surface area contributed by atoms with Crippen molar-refractivity contribution in [2.75, 3.05) is 13.6 Å². The van der Waals surface area contributed by atoms with E-state index in [0.29, 0.717) is 6.54 Å². The molecule has 0 fully saturated rings. The third-order valence-corrected chi connectivity index (χ3v) is 5.10. The minimum absolute atomic E-state index is 0. The molecule has 1 aromatic carbocycles. The Bertz CT molecular complexity index is 915. The molecule has 0 unspecified atom stereocenters. The average molecular weight is 518 g/mol. The first kappa shape index (κ1) is 23.9. The number of guanidine groups is 1. The van der Waals surface area contributed by atoms with Crippen molar-refractivity contribution in [2.24, 2.45) is 4.99 Å². The number of nitrogens with zero attached hydrogens (tertiary/aromatic N) is 4. The van der Waals surface area contributed by atoms with Gasteiger partial charge in [-0.25, -0.2) is 9.97 Å². The molecule has 0 spiro atoms. The van der Waals surface area contributed by atoms with Crippen LogP contribution in [0.4, 0.5) is 0 Å². The molecule has 0 saturated heterocycles. The highest BCUT2D eigenvalue weighted by atomic mass is 127. The molecule has 2 aromatic heterocycles. The number of nitrogens with one attached hydrogen (secondary N) is 2. The van der Waals surface area contributed by atoms with E-state index in [0.717, 1.165) is 30.3 Å². The molecule has 0 atom stereocenters. The first-order chi connectivity index (χ1) is 14.0. The van der Waals surface area contributed by atoms with Crippen molar-refractivity contribution in [3.05, 3.63) is 78.0 Å². The quantitative estimate of drug-likeness (QED) is 0.281. The number of aryl methyl sites for hydroxylation is 1. The van der Waals surface area contributed by atoms with Crippen LogP contribution in [0.15, 0.2) is 66.3 Å². The lowest BCUT2D eigenvalue weighted by Crippen LogP contribution is -2.43. The van der Waals surface area contributed by atoms with Gasteiger partial charge in [0, 0.05) is 44.1 Å². The zero-order valence-electron chi connectivity index (χ0n) is 18.1. The molecule has 0 bridgehead atoms. The minimum Gasteiger partial charge on any atom is -0.356 e. The van der Waals surface area contributed by atoms with Gasteiger partial charge in [0.15, 0.2) is 5.96 Å². The summed E-state index contributed by atoms with van der Waals surface area (Å²) in [5.41, 5.74) is 3.77. The second-order valence-electron chi connectivity index (χ2n) is 7.71. The number of benzene rings is 1. The number of hydrogen-bond acceptors (Lipinski definition) is 3. The molecule has 2 heterocycles. The Labute approximate surface area is 196 Å². The van der Waals surface area contributed by atoms with Crippen LogP contribution in [0.5, 0.6) is 0 Å². The lowest BCUT2D eigenvalue weighted by Gasteiger charge is -2.27. The Kier molecular flexibility index (Phi) is 8.83. The highest BCUT2D eigenvalue weighted by Crippen LogP contribution is 2.22. The van der Waals surface area contributed by atoms with Crippen LogP contribution < -0.4 is 10.6 Å². The predicted molar refractivity (Wildman–Crippen MR) is 134 cm³/mol. The molecule has 0 radical (unpaired) electrons. The summed E-state index contributed by atoms with van der Waals surface area (Å²) in [4.78, 5) is 12.9. The Morgan fingerprint density at radius 3 is 2.37 bits per heavy atom. The molecule has 2 N–H and O–H groups in total. The molecular weight excluding hydrogens is 487 g/mol. The van der Waals surface area contributed by atoms with E-state index in [4.69, 9.17) is 0 Å². The summed E-state index contributed by atoms with van der Waals surface area (Å²) in [7, 11) is 1.79. The average Bonchev–Trinajstić information content (AvgIpc) is 3.29. The fraction of sp³-hybridized carbons (Fsp3) is 0.348. The monoisotopic (exact) mass is 518 g/mol. The van der Waals surface area contributed by atoms with Crippen LogP contribution in [0, 0.1) is 0 Å². The highest BCUT2D eigenvalue weighted by Gasteiger charge is 2.20. The van der Waals surface area contributed by atoms with E-state index in [1.807, 2.05) is 23.0 Å². The van der Waals surface area contributed by atoms with Gasteiger partial charge in [-0.15, -0.1) is 24.0 Å². The van der Waals surface area contributed by atoms with Gasteiger partial charge in [-0.1, -0.05) is 51.1 Å². The molecule has 30 heavy (non-hydrogen) atoms. The maximum Gasteiger partial charge on any atom is 0.191 e. The lowest BCUT2D eigenvalue weighted by molar-refractivity contribution is 0.508. The van der Waals surface area contributed by atoms with E-state index >= 15 is 0 Å². The van der Waals surface area contributed by atoms with Gasteiger partial charge in [-0.2, -0.15) is 0 Å². The summed E-state index contributed by atoms with van der Waals surface area (Å²) < 4.78 is 1.88. The van der Waals surface area contributed by atoms with Gasteiger partial charge in [0.25, 0.3) is 0 Å². The van der Waals surface area contributed by atoms with E-state index in [1.165, 1.54) is 11.1 Å². The van der Waals surface area contributed by atoms with E-state index in [1.54, 1.807) is 19.6 Å². The van der Waals surface area contributed by atoms with Crippen molar-refractivity contribution < 1.29 is 0 Å². The zero-order valence-corrected chi connectivity index (χ0v) is 20.4. The van der Waals surface area contributed by atoms with Crippen LogP contribution >= 0.6 is 24.0 Å². The molecule has 0 aliphatic heterocycles. The van der Waals surface area contributed by atoms with E-state index in [2.05, 4.69) is 76.7 Å². The second-order valence-corrected chi connectivity index (χ2v) is 7.71. The summed E-state index contributed by atoms with van der Waals surface area (Å²) in [5, 5.41) is 6.81. The number of aliphatic imine (C=N–C) groups is 1. The molecule has 0 saturated carbocycles. The lowest BCUT2D eigenvalue weighted by atomic mass is 9.84. The molecule has 6 nitrogen and oxygen atoms in total. The number of pyridine rings is 1. The molecule has 160 valence electrons. The summed E-state index contributed by atoms with van der Waals surface area (Å²) >= 11 is 0. The van der Waals surface area contributed by atoms with Crippen LogP contribution in [-0.2, 0) is 18.4 Å². The smallest absolute Gasteiger partial charge is 0.191 e. The number of imidazole rings is 1. The van der Waals surface area contributed by atoms with E-state index in [9.17, 15) is 0 Å². The molecule has 7 heteroatoms. The van der Waals surface area contributed by atoms with Gasteiger partial charge in [0.2, 0.25) is 0 Å². The topological polar surface area (TPSA) is 67.1 Å². The number of halogens is 1. The van der Waals surface area contributed by atoms with Gasteiger partial charge >= 0.3 is 0 Å². The number of rotatable bonds is 7. The van der Waals surface area contributed by atoms with Gasteiger partial charge < -0.3 is 10.6 Å². The number of hydrogen-bond donors (Lipinski definition) is 2. The fourth-order valence-corrected chi connectivity index (χ4v) is 3.07. The Balaban J connectivity index is 0.00000320. The molecule has 0 aliphatic carbocycles. The maximum atomic E-state index is 4.49. The maximum absolute atomic E-state index is 4.49. The second kappa shape index (κ2) is 11.1. The van der Waals surface area contributed by atoms with Crippen molar-refractivity contribution in [3.8, 4) is 5.82 Å². The standard InChI is InChI=1S/C23H30N6.HI/c1-5-18-6-9-20(10-7-18)23(2,3)16-28-22(24-4)27-15-19-8-11-21(26-14-19)29-13-12-25-17-29;/h6-14,17H,5,15-16H2,1-4H3,(H2,24,27,28);1H. The molecule has 3 aromatic rings. The fourth-order valence-electron chi connectivity index (χ4n) is 3.07. The van der Waals surface area contributed by atoms with Crippen LogP contribution in [0.3, 0.4) is 0 Å². The van der Waals surface area contributed by atoms with Gasteiger partial charge in [-0.3, -0.25) is 9.56 Å². The van der Waals surface area contributed by atoms with Gasteiger partial charge in [0.05, 0.1) is 0 Å². The van der Waals surface area contributed by atoms with E-state index in [-0.39, 0.29) is 29.4 Å². The first-order valence-corrected chi connectivity index (χ1v) is 9.99. The molecule has 0 amide bonds. The largest absolute Gasteiger partial charge is 0.356 e. The molecule has 0 aliphatic rings. The third kappa shape index (κ3) is 6.29. The van der Waals surface area contributed by atoms with Gasteiger partial charge in [-0.05, 0) is 29.2 Å². The van der Waals surface area contributed by atoms with Crippen molar-refractivity contribution in [1.82, 2.24) is 25.2 Å². The molecular formula is C23H31IN6. The predicted octanol–water partition coefficient (Wildman–Crippen LogP) is 4.09. The summed E-state index contributed by atoms with van der Waals surface area (Å²) in [6, 6.07) is 12.9. The summed E-state index contributed by atoms with van der Waals surface area (Å²) in [6.07, 6.45) is 8.29. The SMILES string of the molecule is CCc1ccc(C(C)(C)CNC(=NC)NCc2ccc(-n3ccnc3)nc2)cc1.I. The van der Waals surface area contributed by atoms with Crippen LogP contribution in [0.25, 0.3) is 5.82 Å². The van der Waals surface area contributed by atoms with Crippen molar-refractivity contribution in [1.29, 1.82) is 0 Å². The van der Waals surface area contributed by atoms with Crippen molar-refractivity contribution >= 4 is 29.9 Å². The van der Waals surface area contributed by atoms with Crippen molar-refractivity contribution in [3.63, 3.8) is 0 Å². The normalized spacial score (nSPS) is 11.7. The summed E-state index contributed by atoms with van der Waals surface area (Å²) in [5.74, 6) is 1.63. The van der Waals surface area contributed by atoms with E-state index < -0.39 is 0 Å². The minimum atomic E-state index is -0.00209. The summed E-state index contributed by atoms with van der Waals surface area (Å²) in [6.45, 7) is 8.11. The Hall–Kier alpha value is -2.42. The van der Waals surface area contributed by atoms with Gasteiger partial charge in [0.1, 0.15) is 12.1 Å². The van der Waals surface area contributed by atoms with Crippen LogP contribution in [-0.4, -0.2) is 34.1 Å². The van der Waals surface area contributed by atoms with Crippen LogP contribution in [0.1, 0.15) is 37.5 Å². The Morgan fingerprint density at radius 2 is 1.80 bits per heavy atom. The number of aromatic nitrogens is 3. The van der Waals surface area contributed by atoms with Crippen LogP contribution in [0.2, 0.25) is 0 Å².